The van der Waals surface area contributed by atoms with Gasteiger partial charge >= 0.3 is 0 Å². The average molecular weight is 522 g/mol. The fourth-order valence-corrected chi connectivity index (χ4v) is 4.88. The maximum atomic E-state index is 13.7. The zero-order chi connectivity index (χ0) is 26.3. The zero-order valence-electron chi connectivity index (χ0n) is 21.3. The monoisotopic (exact) mass is 521 g/mol. The standard InChI is InChI=1S/C26H36ClN3O4S/c1-7-23(26(32)28-15-18(2)3)29(16-21-11-8-10-19(4)14-21)25(31)17-30(35(6,33)34)24-13-9-12-22(27)20(24)5/h8-14,18,23H,7,15-17H2,1-6H3,(H,28,32). The van der Waals surface area contributed by atoms with Gasteiger partial charge in [-0.3, -0.25) is 13.9 Å². The maximum absolute atomic E-state index is 13.7. The van der Waals surface area contributed by atoms with Crippen LogP contribution in [-0.2, 0) is 26.2 Å². The van der Waals surface area contributed by atoms with E-state index in [0.29, 0.717) is 29.2 Å². The van der Waals surface area contributed by atoms with Crippen molar-refractivity contribution in [3.63, 3.8) is 0 Å². The van der Waals surface area contributed by atoms with E-state index in [4.69, 9.17) is 11.6 Å². The molecule has 0 spiro atoms. The number of halogens is 1. The minimum atomic E-state index is -3.81. The van der Waals surface area contributed by atoms with E-state index in [1.165, 1.54) is 4.90 Å². The lowest BCUT2D eigenvalue weighted by Crippen LogP contribution is -2.52. The molecule has 0 saturated carbocycles. The van der Waals surface area contributed by atoms with Crippen molar-refractivity contribution in [2.75, 3.05) is 23.7 Å². The number of benzene rings is 2. The highest BCUT2D eigenvalue weighted by Crippen LogP contribution is 2.28. The average Bonchev–Trinajstić information content (AvgIpc) is 2.77. The summed E-state index contributed by atoms with van der Waals surface area (Å²) < 4.78 is 26.5. The first-order valence-electron chi connectivity index (χ1n) is 11.7. The molecular formula is C26H36ClN3O4S. The second-order valence-electron chi connectivity index (χ2n) is 9.23. The van der Waals surface area contributed by atoms with Gasteiger partial charge in [0.2, 0.25) is 21.8 Å². The Morgan fingerprint density at radius 3 is 2.31 bits per heavy atom. The Bertz CT molecular complexity index is 1150. The van der Waals surface area contributed by atoms with E-state index < -0.39 is 28.5 Å². The Morgan fingerprint density at radius 1 is 1.09 bits per heavy atom. The van der Waals surface area contributed by atoms with Gasteiger partial charge in [0.25, 0.3) is 0 Å². The van der Waals surface area contributed by atoms with E-state index in [1.54, 1.807) is 25.1 Å². The SMILES string of the molecule is CCC(C(=O)NCC(C)C)N(Cc1cccc(C)c1)C(=O)CN(c1cccc(Cl)c1C)S(C)(=O)=O. The van der Waals surface area contributed by atoms with Gasteiger partial charge in [-0.1, -0.05) is 68.3 Å². The predicted octanol–water partition coefficient (Wildman–Crippen LogP) is 4.30. The molecule has 0 aliphatic rings. The minimum absolute atomic E-state index is 0.181. The third-order valence-corrected chi connectivity index (χ3v) is 7.23. The van der Waals surface area contributed by atoms with E-state index in [9.17, 15) is 18.0 Å². The number of hydrogen-bond acceptors (Lipinski definition) is 4. The molecule has 35 heavy (non-hydrogen) atoms. The molecule has 0 radical (unpaired) electrons. The van der Waals surface area contributed by atoms with Crippen LogP contribution in [0.3, 0.4) is 0 Å². The number of rotatable bonds is 11. The fourth-order valence-electron chi connectivity index (χ4n) is 3.81. The van der Waals surface area contributed by atoms with Crippen LogP contribution in [0.1, 0.15) is 43.9 Å². The molecule has 2 aromatic rings. The van der Waals surface area contributed by atoms with Crippen LogP contribution in [0.15, 0.2) is 42.5 Å². The number of sulfonamides is 1. The summed E-state index contributed by atoms with van der Waals surface area (Å²) in [6, 6.07) is 11.9. The Balaban J connectivity index is 2.47. The number of carbonyl (C=O) groups excluding carboxylic acids is 2. The van der Waals surface area contributed by atoms with E-state index in [0.717, 1.165) is 21.7 Å². The lowest BCUT2D eigenvalue weighted by atomic mass is 10.1. The summed E-state index contributed by atoms with van der Waals surface area (Å²) in [5.41, 5.74) is 2.78. The smallest absolute Gasteiger partial charge is 0.244 e. The van der Waals surface area contributed by atoms with Crippen molar-refractivity contribution >= 4 is 39.1 Å². The molecule has 9 heteroatoms. The molecule has 0 bridgehead atoms. The normalized spacial score (nSPS) is 12.3. The first-order chi connectivity index (χ1) is 16.3. The Labute approximate surface area is 214 Å². The summed E-state index contributed by atoms with van der Waals surface area (Å²) in [6.45, 7) is 9.71. The molecular weight excluding hydrogens is 486 g/mol. The third kappa shape index (κ3) is 7.97. The van der Waals surface area contributed by atoms with E-state index >= 15 is 0 Å². The molecule has 2 rings (SSSR count). The second kappa shape index (κ2) is 12.4. The summed E-state index contributed by atoms with van der Waals surface area (Å²) >= 11 is 6.23. The summed E-state index contributed by atoms with van der Waals surface area (Å²) in [5, 5.41) is 3.32. The van der Waals surface area contributed by atoms with Gasteiger partial charge in [0.05, 0.1) is 11.9 Å². The molecule has 0 saturated heterocycles. The first-order valence-corrected chi connectivity index (χ1v) is 13.9. The van der Waals surface area contributed by atoms with Crippen LogP contribution in [0, 0.1) is 19.8 Å². The van der Waals surface area contributed by atoms with Crippen LogP contribution in [-0.4, -0.2) is 50.5 Å². The van der Waals surface area contributed by atoms with Gasteiger partial charge < -0.3 is 10.2 Å². The number of aryl methyl sites for hydroxylation is 1. The van der Waals surface area contributed by atoms with Crippen molar-refractivity contribution < 1.29 is 18.0 Å². The molecule has 1 N–H and O–H groups in total. The van der Waals surface area contributed by atoms with Crippen molar-refractivity contribution in [2.24, 2.45) is 5.92 Å². The molecule has 0 aliphatic heterocycles. The minimum Gasteiger partial charge on any atom is -0.354 e. The van der Waals surface area contributed by atoms with Crippen molar-refractivity contribution in [3.05, 3.63) is 64.2 Å². The van der Waals surface area contributed by atoms with Gasteiger partial charge in [-0.2, -0.15) is 0 Å². The van der Waals surface area contributed by atoms with Gasteiger partial charge in [-0.05, 0) is 49.4 Å². The highest BCUT2D eigenvalue weighted by atomic mass is 35.5. The molecule has 2 amide bonds. The van der Waals surface area contributed by atoms with Gasteiger partial charge in [0.1, 0.15) is 12.6 Å². The Kier molecular flexibility index (Phi) is 10.2. The highest BCUT2D eigenvalue weighted by molar-refractivity contribution is 7.92. The van der Waals surface area contributed by atoms with Crippen molar-refractivity contribution in [2.45, 2.75) is 53.6 Å². The summed E-state index contributed by atoms with van der Waals surface area (Å²) in [4.78, 5) is 28.3. The predicted molar refractivity (Wildman–Crippen MR) is 142 cm³/mol. The van der Waals surface area contributed by atoms with Crippen LogP contribution < -0.4 is 9.62 Å². The zero-order valence-corrected chi connectivity index (χ0v) is 22.9. The summed E-state index contributed by atoms with van der Waals surface area (Å²) in [5.74, 6) is -0.473. The maximum Gasteiger partial charge on any atom is 0.244 e. The molecule has 0 heterocycles. The van der Waals surface area contributed by atoms with Crippen molar-refractivity contribution in [3.8, 4) is 0 Å². The van der Waals surface area contributed by atoms with Crippen LogP contribution in [0.25, 0.3) is 0 Å². The van der Waals surface area contributed by atoms with Crippen LogP contribution in [0.4, 0.5) is 5.69 Å². The van der Waals surface area contributed by atoms with E-state index in [2.05, 4.69) is 5.32 Å². The first kappa shape index (κ1) is 28.7. The van der Waals surface area contributed by atoms with Crippen LogP contribution in [0.5, 0.6) is 0 Å². The molecule has 192 valence electrons. The topological polar surface area (TPSA) is 86.8 Å². The number of amides is 2. The molecule has 0 aromatic heterocycles. The fraction of sp³-hybridized carbons (Fsp3) is 0.462. The molecule has 2 aromatic carbocycles. The molecule has 0 aliphatic carbocycles. The highest BCUT2D eigenvalue weighted by Gasteiger charge is 2.32. The molecule has 7 nitrogen and oxygen atoms in total. The van der Waals surface area contributed by atoms with Gasteiger partial charge in [0.15, 0.2) is 0 Å². The number of carbonyl (C=O) groups is 2. The second-order valence-corrected chi connectivity index (χ2v) is 11.5. The van der Waals surface area contributed by atoms with Gasteiger partial charge in [-0.25, -0.2) is 8.42 Å². The van der Waals surface area contributed by atoms with Crippen LogP contribution >= 0.6 is 11.6 Å². The van der Waals surface area contributed by atoms with Gasteiger partial charge in [-0.15, -0.1) is 0 Å². The molecule has 1 unspecified atom stereocenters. The molecule has 1 atom stereocenters. The van der Waals surface area contributed by atoms with Crippen molar-refractivity contribution in [1.82, 2.24) is 10.2 Å². The number of nitrogens with one attached hydrogen (secondary N) is 1. The number of hydrogen-bond donors (Lipinski definition) is 1. The lowest BCUT2D eigenvalue weighted by molar-refractivity contribution is -0.140. The third-order valence-electron chi connectivity index (χ3n) is 5.69. The molecule has 0 fully saturated rings. The lowest BCUT2D eigenvalue weighted by Gasteiger charge is -2.33. The number of anilines is 1. The van der Waals surface area contributed by atoms with Crippen LogP contribution in [0.2, 0.25) is 5.02 Å². The summed E-state index contributed by atoms with van der Waals surface area (Å²) in [7, 11) is -3.81. The Morgan fingerprint density at radius 2 is 1.74 bits per heavy atom. The quantitative estimate of drug-likeness (QED) is 0.477. The summed E-state index contributed by atoms with van der Waals surface area (Å²) in [6.07, 6.45) is 1.44. The van der Waals surface area contributed by atoms with Crippen molar-refractivity contribution in [1.29, 1.82) is 0 Å². The Hall–Kier alpha value is -2.58. The largest absolute Gasteiger partial charge is 0.354 e. The van der Waals surface area contributed by atoms with Gasteiger partial charge in [0, 0.05) is 18.1 Å². The van der Waals surface area contributed by atoms with E-state index in [-0.39, 0.29) is 18.4 Å². The van der Waals surface area contributed by atoms with E-state index in [1.807, 2.05) is 52.0 Å². The number of nitrogens with zero attached hydrogens (tertiary/aromatic N) is 2.